The van der Waals surface area contributed by atoms with Crippen molar-refractivity contribution in [3.8, 4) is 22.3 Å². The first-order valence-corrected chi connectivity index (χ1v) is 7.16. The average molecular weight is 295 g/mol. The maximum absolute atomic E-state index is 11.5. The van der Waals surface area contributed by atoms with Gasteiger partial charge in [-0.25, -0.2) is 4.79 Å². The summed E-state index contributed by atoms with van der Waals surface area (Å²) in [4.78, 5) is 13.2. The van der Waals surface area contributed by atoms with E-state index in [0.717, 1.165) is 10.4 Å². The van der Waals surface area contributed by atoms with Crippen LogP contribution in [0.2, 0.25) is 0 Å². The number of allylic oxidation sites excluding steroid dienone is 3. The van der Waals surface area contributed by atoms with Crippen LogP contribution in [0, 0.1) is 11.3 Å². The van der Waals surface area contributed by atoms with Crippen LogP contribution in [0.1, 0.15) is 11.8 Å². The number of thiophene rings is 1. The van der Waals surface area contributed by atoms with Crippen LogP contribution < -0.4 is 4.74 Å². The number of hydrogen-bond donors (Lipinski definition) is 0. The van der Waals surface area contributed by atoms with E-state index in [4.69, 9.17) is 10.00 Å². The lowest BCUT2D eigenvalue weighted by molar-refractivity contribution is -0.128. The zero-order chi connectivity index (χ0) is 15.1. The summed E-state index contributed by atoms with van der Waals surface area (Å²) in [7, 11) is 0. The van der Waals surface area contributed by atoms with E-state index < -0.39 is 5.97 Å². The van der Waals surface area contributed by atoms with Gasteiger partial charge in [0.25, 0.3) is 0 Å². The number of benzene rings is 1. The smallest absolute Gasteiger partial charge is 0.336 e. The van der Waals surface area contributed by atoms with Gasteiger partial charge in [0, 0.05) is 11.0 Å². The summed E-state index contributed by atoms with van der Waals surface area (Å²) in [5.74, 6) is 0.0784. The van der Waals surface area contributed by atoms with Gasteiger partial charge >= 0.3 is 5.97 Å². The van der Waals surface area contributed by atoms with Crippen molar-refractivity contribution in [2.24, 2.45) is 0 Å². The van der Waals surface area contributed by atoms with Gasteiger partial charge in [-0.3, -0.25) is 0 Å². The highest BCUT2D eigenvalue weighted by atomic mass is 32.1. The molecule has 0 spiro atoms. The molecule has 0 aliphatic rings. The second kappa shape index (κ2) is 7.22. The zero-order valence-corrected chi connectivity index (χ0v) is 12.3. The van der Waals surface area contributed by atoms with E-state index >= 15 is 0 Å². The molecule has 0 aliphatic carbocycles. The monoisotopic (exact) mass is 295 g/mol. The zero-order valence-electron chi connectivity index (χ0n) is 11.4. The molecular formula is C17H13NO2S. The molecule has 2 aromatic rings. The molecule has 0 saturated carbocycles. The number of carbonyl (C=O) groups is 1. The Labute approximate surface area is 127 Å². The molecule has 21 heavy (non-hydrogen) atoms. The van der Waals surface area contributed by atoms with E-state index in [0.29, 0.717) is 10.6 Å². The molecule has 0 amide bonds. The van der Waals surface area contributed by atoms with Gasteiger partial charge in [-0.2, -0.15) is 5.26 Å². The highest BCUT2D eigenvalue weighted by Crippen LogP contribution is 2.29. The summed E-state index contributed by atoms with van der Waals surface area (Å²) >= 11 is 1.43. The summed E-state index contributed by atoms with van der Waals surface area (Å²) in [5.41, 5.74) is 0.991. The average Bonchev–Trinajstić information content (AvgIpc) is 2.97. The number of rotatable bonds is 4. The second-order valence-corrected chi connectivity index (χ2v) is 5.19. The lowest BCUT2D eigenvalue weighted by Crippen LogP contribution is -2.03. The van der Waals surface area contributed by atoms with Crippen molar-refractivity contribution in [1.82, 2.24) is 0 Å². The Kier molecular flexibility index (Phi) is 5.08. The Morgan fingerprint density at radius 1 is 1.19 bits per heavy atom. The normalized spacial score (nSPS) is 10.9. The molecule has 1 heterocycles. The predicted octanol–water partition coefficient (Wildman–Crippen LogP) is 4.32. The molecule has 2 rings (SSSR count). The number of hydrogen-bond acceptors (Lipinski definition) is 4. The standard InChI is InChI=1S/C17H13NO2S/c1-2-3-4-5-17(19)20-14-8-6-13(7-9-14)16-11-10-15(12-18)21-16/h2-11H,1H3. The van der Waals surface area contributed by atoms with Crippen molar-refractivity contribution in [3.63, 3.8) is 0 Å². The van der Waals surface area contributed by atoms with E-state index in [-0.39, 0.29) is 0 Å². The van der Waals surface area contributed by atoms with Crippen molar-refractivity contribution in [2.75, 3.05) is 0 Å². The number of nitrogens with zero attached hydrogens (tertiary/aromatic N) is 1. The quantitative estimate of drug-likeness (QED) is 0.365. The van der Waals surface area contributed by atoms with Gasteiger partial charge in [0.15, 0.2) is 0 Å². The predicted molar refractivity (Wildman–Crippen MR) is 84.1 cm³/mol. The van der Waals surface area contributed by atoms with Crippen LogP contribution >= 0.6 is 11.3 Å². The first-order valence-electron chi connectivity index (χ1n) is 6.34. The number of carbonyl (C=O) groups excluding carboxylic acids is 1. The summed E-state index contributed by atoms with van der Waals surface area (Å²) < 4.78 is 5.17. The first-order chi connectivity index (χ1) is 10.2. The van der Waals surface area contributed by atoms with E-state index in [1.165, 1.54) is 17.4 Å². The molecule has 1 aromatic heterocycles. The molecule has 0 atom stereocenters. The Balaban J connectivity index is 2.05. The molecule has 0 saturated heterocycles. The Morgan fingerprint density at radius 2 is 1.95 bits per heavy atom. The minimum Gasteiger partial charge on any atom is -0.423 e. The largest absolute Gasteiger partial charge is 0.423 e. The summed E-state index contributed by atoms with van der Waals surface area (Å²) in [6.45, 7) is 1.87. The van der Waals surface area contributed by atoms with Gasteiger partial charge in [-0.1, -0.05) is 18.2 Å². The third-order valence-corrected chi connectivity index (χ3v) is 3.65. The summed E-state index contributed by atoms with van der Waals surface area (Å²) in [6.07, 6.45) is 6.58. The molecule has 4 heteroatoms. The van der Waals surface area contributed by atoms with Crippen molar-refractivity contribution < 1.29 is 9.53 Å². The molecule has 104 valence electrons. The third-order valence-electron chi connectivity index (χ3n) is 2.61. The van der Waals surface area contributed by atoms with Crippen molar-refractivity contribution in [1.29, 1.82) is 5.26 Å². The van der Waals surface area contributed by atoms with E-state index in [1.54, 1.807) is 30.4 Å². The van der Waals surface area contributed by atoms with Gasteiger partial charge in [0.05, 0.1) is 0 Å². The van der Waals surface area contributed by atoms with Crippen molar-refractivity contribution >= 4 is 17.3 Å². The van der Waals surface area contributed by atoms with E-state index in [9.17, 15) is 4.79 Å². The van der Waals surface area contributed by atoms with Crippen LogP contribution in [0.25, 0.3) is 10.4 Å². The molecule has 0 N–H and O–H groups in total. The minimum atomic E-state index is -0.413. The van der Waals surface area contributed by atoms with E-state index in [2.05, 4.69) is 6.07 Å². The van der Waals surface area contributed by atoms with Crippen LogP contribution in [-0.4, -0.2) is 5.97 Å². The maximum Gasteiger partial charge on any atom is 0.336 e. The van der Waals surface area contributed by atoms with Crippen LogP contribution in [0.4, 0.5) is 0 Å². The van der Waals surface area contributed by atoms with Gasteiger partial charge in [-0.15, -0.1) is 11.3 Å². The fraction of sp³-hybridized carbons (Fsp3) is 0.0588. The minimum absolute atomic E-state index is 0.413. The molecular weight excluding hydrogens is 282 g/mol. The lowest BCUT2D eigenvalue weighted by Gasteiger charge is -2.02. The van der Waals surface area contributed by atoms with Crippen LogP contribution in [0.3, 0.4) is 0 Å². The molecule has 1 aromatic carbocycles. The molecule has 0 radical (unpaired) electrons. The van der Waals surface area contributed by atoms with Gasteiger partial charge in [0.2, 0.25) is 0 Å². The van der Waals surface area contributed by atoms with Crippen LogP contribution in [0.5, 0.6) is 5.75 Å². The van der Waals surface area contributed by atoms with Gasteiger partial charge in [0.1, 0.15) is 16.7 Å². The van der Waals surface area contributed by atoms with Crippen LogP contribution in [0.15, 0.2) is 60.7 Å². The second-order valence-electron chi connectivity index (χ2n) is 4.11. The SMILES string of the molecule is CC=CC=CC(=O)Oc1ccc(-c2ccc(C#N)s2)cc1. The molecule has 3 nitrogen and oxygen atoms in total. The summed E-state index contributed by atoms with van der Waals surface area (Å²) in [6, 6.07) is 13.0. The highest BCUT2D eigenvalue weighted by Gasteiger charge is 2.04. The third kappa shape index (κ3) is 4.16. The fourth-order valence-corrected chi connectivity index (χ4v) is 2.44. The van der Waals surface area contributed by atoms with Crippen molar-refractivity contribution in [2.45, 2.75) is 6.92 Å². The van der Waals surface area contributed by atoms with E-state index in [1.807, 2.05) is 31.2 Å². The van der Waals surface area contributed by atoms with Crippen molar-refractivity contribution in [3.05, 3.63) is 65.6 Å². The fourth-order valence-electron chi connectivity index (χ4n) is 1.64. The Morgan fingerprint density at radius 3 is 2.57 bits per heavy atom. The molecule has 0 aliphatic heterocycles. The highest BCUT2D eigenvalue weighted by molar-refractivity contribution is 7.16. The topological polar surface area (TPSA) is 50.1 Å². The number of esters is 1. The lowest BCUT2D eigenvalue weighted by atomic mass is 10.2. The Hall–Kier alpha value is -2.64. The number of ether oxygens (including phenoxy) is 1. The Bertz CT molecular complexity index is 718. The van der Waals surface area contributed by atoms with Crippen LogP contribution in [-0.2, 0) is 4.79 Å². The molecule has 0 fully saturated rings. The maximum atomic E-state index is 11.5. The summed E-state index contributed by atoms with van der Waals surface area (Å²) in [5, 5.41) is 8.82. The van der Waals surface area contributed by atoms with Gasteiger partial charge < -0.3 is 4.74 Å². The van der Waals surface area contributed by atoms with Gasteiger partial charge in [-0.05, 0) is 48.9 Å². The molecule has 0 unspecified atom stereocenters. The first kappa shape index (κ1) is 14.8. The number of nitriles is 1. The molecule has 0 bridgehead atoms.